The third-order valence-corrected chi connectivity index (χ3v) is 4.79. The number of carbonyl (C=O) groups excluding carboxylic acids is 1. The number of aromatic nitrogens is 1. The van der Waals surface area contributed by atoms with Crippen molar-refractivity contribution in [2.75, 3.05) is 18.0 Å². The van der Waals surface area contributed by atoms with Crippen molar-refractivity contribution >= 4 is 23.0 Å². The molecule has 1 amide bonds. The van der Waals surface area contributed by atoms with E-state index in [1.54, 1.807) is 0 Å². The zero-order valence-electron chi connectivity index (χ0n) is 14.2. The molecule has 25 heavy (non-hydrogen) atoms. The SMILES string of the molecule is Cc1ccccc1C(=O)NCC1CCCN1c1nc2ccccc2o1. The van der Waals surface area contributed by atoms with Crippen LogP contribution in [0.3, 0.4) is 0 Å². The zero-order chi connectivity index (χ0) is 17.2. The average Bonchev–Trinajstić information content (AvgIpc) is 3.26. The maximum Gasteiger partial charge on any atom is 0.298 e. The largest absolute Gasteiger partial charge is 0.423 e. The number of hydrogen-bond acceptors (Lipinski definition) is 4. The monoisotopic (exact) mass is 335 g/mol. The number of aryl methyl sites for hydroxylation is 1. The maximum absolute atomic E-state index is 12.4. The predicted octanol–water partition coefficient (Wildman–Crippen LogP) is 3.54. The second-order valence-electron chi connectivity index (χ2n) is 6.48. The molecule has 5 nitrogen and oxygen atoms in total. The summed E-state index contributed by atoms with van der Waals surface area (Å²) in [6, 6.07) is 16.3. The lowest BCUT2D eigenvalue weighted by Gasteiger charge is -2.23. The van der Waals surface area contributed by atoms with E-state index >= 15 is 0 Å². The van der Waals surface area contributed by atoms with Crippen LogP contribution in [0.25, 0.3) is 11.1 Å². The van der Waals surface area contributed by atoms with Gasteiger partial charge in [-0.15, -0.1) is 0 Å². The molecular weight excluding hydrogens is 314 g/mol. The Labute approximate surface area is 146 Å². The van der Waals surface area contributed by atoms with Crippen molar-refractivity contribution in [1.82, 2.24) is 10.3 Å². The Kier molecular flexibility index (Phi) is 4.14. The number of carbonyl (C=O) groups is 1. The quantitative estimate of drug-likeness (QED) is 0.792. The first-order chi connectivity index (χ1) is 12.2. The smallest absolute Gasteiger partial charge is 0.298 e. The van der Waals surface area contributed by atoms with Gasteiger partial charge in [0.2, 0.25) is 0 Å². The molecule has 128 valence electrons. The van der Waals surface area contributed by atoms with Gasteiger partial charge in [0, 0.05) is 18.7 Å². The van der Waals surface area contributed by atoms with Gasteiger partial charge in [0.15, 0.2) is 5.58 Å². The van der Waals surface area contributed by atoms with Crippen LogP contribution in [0.1, 0.15) is 28.8 Å². The van der Waals surface area contributed by atoms with Crippen molar-refractivity contribution in [2.45, 2.75) is 25.8 Å². The summed E-state index contributed by atoms with van der Waals surface area (Å²) in [5.74, 6) is -0.0254. The molecular formula is C20H21N3O2. The summed E-state index contributed by atoms with van der Waals surface area (Å²) < 4.78 is 5.89. The van der Waals surface area contributed by atoms with E-state index in [1.807, 2.05) is 55.5 Å². The van der Waals surface area contributed by atoms with E-state index in [4.69, 9.17) is 4.42 Å². The van der Waals surface area contributed by atoms with Gasteiger partial charge in [0.25, 0.3) is 11.9 Å². The highest BCUT2D eigenvalue weighted by atomic mass is 16.4. The lowest BCUT2D eigenvalue weighted by atomic mass is 10.1. The van der Waals surface area contributed by atoms with Gasteiger partial charge >= 0.3 is 0 Å². The van der Waals surface area contributed by atoms with Crippen LogP contribution in [0.15, 0.2) is 52.9 Å². The topological polar surface area (TPSA) is 58.4 Å². The number of amides is 1. The minimum absolute atomic E-state index is 0.0254. The number of fused-ring (bicyclic) bond motifs is 1. The second kappa shape index (κ2) is 6.59. The highest BCUT2D eigenvalue weighted by molar-refractivity contribution is 5.95. The molecule has 1 fully saturated rings. The van der Waals surface area contributed by atoms with E-state index in [0.717, 1.165) is 41.6 Å². The molecule has 2 heterocycles. The Morgan fingerprint density at radius 1 is 1.24 bits per heavy atom. The zero-order valence-corrected chi connectivity index (χ0v) is 14.2. The molecule has 1 N–H and O–H groups in total. The van der Waals surface area contributed by atoms with Gasteiger partial charge in [-0.3, -0.25) is 4.79 Å². The molecule has 0 saturated carbocycles. The molecule has 0 spiro atoms. The average molecular weight is 335 g/mol. The van der Waals surface area contributed by atoms with Crippen molar-refractivity contribution in [2.24, 2.45) is 0 Å². The van der Waals surface area contributed by atoms with Gasteiger partial charge < -0.3 is 14.6 Å². The van der Waals surface area contributed by atoms with E-state index < -0.39 is 0 Å². The number of benzene rings is 2. The third kappa shape index (κ3) is 3.09. The maximum atomic E-state index is 12.4. The summed E-state index contributed by atoms with van der Waals surface area (Å²) >= 11 is 0. The summed E-state index contributed by atoms with van der Waals surface area (Å²) in [7, 11) is 0. The van der Waals surface area contributed by atoms with Crippen LogP contribution in [0, 0.1) is 6.92 Å². The van der Waals surface area contributed by atoms with Crippen molar-refractivity contribution in [1.29, 1.82) is 0 Å². The van der Waals surface area contributed by atoms with E-state index in [1.165, 1.54) is 0 Å². The van der Waals surface area contributed by atoms with Crippen LogP contribution in [-0.2, 0) is 0 Å². The number of rotatable bonds is 4. The van der Waals surface area contributed by atoms with Gasteiger partial charge in [-0.25, -0.2) is 0 Å². The molecule has 1 unspecified atom stereocenters. The number of nitrogens with one attached hydrogen (secondary N) is 1. The van der Waals surface area contributed by atoms with Crippen molar-refractivity contribution in [3.63, 3.8) is 0 Å². The number of para-hydroxylation sites is 2. The Bertz CT molecular complexity index is 870. The molecule has 4 rings (SSSR count). The minimum atomic E-state index is -0.0254. The summed E-state index contributed by atoms with van der Waals surface area (Å²) in [6.07, 6.45) is 2.09. The van der Waals surface area contributed by atoms with Crippen molar-refractivity contribution < 1.29 is 9.21 Å². The Morgan fingerprint density at radius 3 is 2.88 bits per heavy atom. The molecule has 2 aromatic carbocycles. The van der Waals surface area contributed by atoms with E-state index in [-0.39, 0.29) is 11.9 Å². The van der Waals surface area contributed by atoms with Crippen molar-refractivity contribution in [3.8, 4) is 0 Å². The highest BCUT2D eigenvalue weighted by Gasteiger charge is 2.28. The Morgan fingerprint density at radius 2 is 2.04 bits per heavy atom. The molecule has 1 aliphatic heterocycles. The first kappa shape index (κ1) is 15.7. The van der Waals surface area contributed by atoms with Gasteiger partial charge in [0.05, 0.1) is 6.04 Å². The van der Waals surface area contributed by atoms with E-state index in [2.05, 4.69) is 15.2 Å². The fraction of sp³-hybridized carbons (Fsp3) is 0.300. The van der Waals surface area contributed by atoms with Crippen LogP contribution >= 0.6 is 0 Å². The first-order valence-electron chi connectivity index (χ1n) is 8.68. The van der Waals surface area contributed by atoms with E-state index in [0.29, 0.717) is 12.6 Å². The summed E-state index contributed by atoms with van der Waals surface area (Å²) in [5.41, 5.74) is 3.38. The standard InChI is InChI=1S/C20H21N3O2/c1-14-7-2-3-9-16(14)19(24)21-13-15-8-6-12-23(15)20-22-17-10-4-5-11-18(17)25-20/h2-5,7,9-11,15H,6,8,12-13H2,1H3,(H,21,24). The van der Waals surface area contributed by atoms with Gasteiger partial charge in [-0.2, -0.15) is 4.98 Å². The molecule has 1 saturated heterocycles. The van der Waals surface area contributed by atoms with Gasteiger partial charge in [-0.1, -0.05) is 30.3 Å². The van der Waals surface area contributed by atoms with Crippen molar-refractivity contribution in [3.05, 3.63) is 59.7 Å². The number of anilines is 1. The molecule has 0 aliphatic carbocycles. The number of hydrogen-bond donors (Lipinski definition) is 1. The number of nitrogens with zero attached hydrogens (tertiary/aromatic N) is 2. The Balaban J connectivity index is 1.46. The number of oxazole rings is 1. The lowest BCUT2D eigenvalue weighted by Crippen LogP contribution is -2.40. The molecule has 1 aromatic heterocycles. The van der Waals surface area contributed by atoms with Crippen LogP contribution < -0.4 is 10.2 Å². The van der Waals surface area contributed by atoms with E-state index in [9.17, 15) is 4.79 Å². The van der Waals surface area contributed by atoms with Crippen LogP contribution in [0.5, 0.6) is 0 Å². The highest BCUT2D eigenvalue weighted by Crippen LogP contribution is 2.28. The summed E-state index contributed by atoms with van der Waals surface area (Å²) in [4.78, 5) is 19.2. The molecule has 3 aromatic rings. The molecule has 0 bridgehead atoms. The van der Waals surface area contributed by atoms with Crippen LogP contribution in [0.2, 0.25) is 0 Å². The van der Waals surface area contributed by atoms with Gasteiger partial charge in [-0.05, 0) is 43.5 Å². The van der Waals surface area contributed by atoms with Crippen LogP contribution in [0.4, 0.5) is 6.01 Å². The van der Waals surface area contributed by atoms with Crippen LogP contribution in [-0.4, -0.2) is 30.0 Å². The minimum Gasteiger partial charge on any atom is -0.423 e. The normalized spacial score (nSPS) is 17.2. The summed E-state index contributed by atoms with van der Waals surface area (Å²) in [6.45, 7) is 3.44. The fourth-order valence-electron chi connectivity index (χ4n) is 3.42. The predicted molar refractivity (Wildman–Crippen MR) is 97.9 cm³/mol. The molecule has 1 atom stereocenters. The first-order valence-corrected chi connectivity index (χ1v) is 8.68. The molecule has 0 radical (unpaired) electrons. The fourth-order valence-corrected chi connectivity index (χ4v) is 3.42. The second-order valence-corrected chi connectivity index (χ2v) is 6.48. The van der Waals surface area contributed by atoms with Gasteiger partial charge in [0.1, 0.15) is 5.52 Å². The summed E-state index contributed by atoms with van der Waals surface area (Å²) in [5, 5.41) is 3.07. The Hall–Kier alpha value is -2.82. The molecule has 5 heteroatoms. The lowest BCUT2D eigenvalue weighted by molar-refractivity contribution is 0.0950. The molecule has 1 aliphatic rings. The third-order valence-electron chi connectivity index (χ3n) is 4.79.